The first-order valence-corrected chi connectivity index (χ1v) is 8.34. The van der Waals surface area contributed by atoms with Crippen molar-refractivity contribution in [3.63, 3.8) is 0 Å². The van der Waals surface area contributed by atoms with Gasteiger partial charge in [-0.25, -0.2) is 0 Å². The second-order valence-electron chi connectivity index (χ2n) is 5.80. The molecule has 4 rings (SSSR count). The number of furan rings is 1. The van der Waals surface area contributed by atoms with E-state index >= 15 is 0 Å². The zero-order valence-electron chi connectivity index (χ0n) is 14.8. The Labute approximate surface area is 150 Å². The number of hydrogen-bond donors (Lipinski definition) is 0. The quantitative estimate of drug-likeness (QED) is 0.511. The van der Waals surface area contributed by atoms with Crippen LogP contribution in [0, 0.1) is 6.92 Å². The van der Waals surface area contributed by atoms with Gasteiger partial charge in [-0.3, -0.25) is 0 Å². The molecular formula is C20H18N2O4. The summed E-state index contributed by atoms with van der Waals surface area (Å²) in [4.78, 5) is 4.48. The molecule has 0 radical (unpaired) electrons. The van der Waals surface area contributed by atoms with Gasteiger partial charge in [0.1, 0.15) is 17.1 Å². The van der Waals surface area contributed by atoms with Crippen molar-refractivity contribution in [2.75, 3.05) is 13.7 Å². The van der Waals surface area contributed by atoms with Crippen LogP contribution in [-0.2, 0) is 0 Å². The van der Waals surface area contributed by atoms with Gasteiger partial charge in [-0.05, 0) is 56.3 Å². The minimum absolute atomic E-state index is 0.418. The van der Waals surface area contributed by atoms with E-state index in [0.717, 1.165) is 33.6 Å². The second-order valence-corrected chi connectivity index (χ2v) is 5.80. The number of benzene rings is 2. The van der Waals surface area contributed by atoms with Crippen molar-refractivity contribution in [3.05, 3.63) is 48.0 Å². The minimum Gasteiger partial charge on any atom is -0.497 e. The third kappa shape index (κ3) is 2.79. The molecule has 0 amide bonds. The van der Waals surface area contributed by atoms with Crippen LogP contribution in [0.2, 0.25) is 0 Å². The van der Waals surface area contributed by atoms with Gasteiger partial charge in [0.2, 0.25) is 5.82 Å². The summed E-state index contributed by atoms with van der Waals surface area (Å²) in [6.45, 7) is 4.54. The van der Waals surface area contributed by atoms with Crippen LogP contribution < -0.4 is 9.47 Å². The molecule has 0 aliphatic carbocycles. The highest BCUT2D eigenvalue weighted by atomic mass is 16.5. The molecule has 132 valence electrons. The van der Waals surface area contributed by atoms with Crippen molar-refractivity contribution in [1.29, 1.82) is 0 Å². The lowest BCUT2D eigenvalue weighted by atomic mass is 10.1. The van der Waals surface area contributed by atoms with Crippen LogP contribution in [0.1, 0.15) is 12.5 Å². The number of ether oxygens (including phenoxy) is 2. The highest BCUT2D eigenvalue weighted by Crippen LogP contribution is 2.34. The molecule has 2 aromatic carbocycles. The fourth-order valence-corrected chi connectivity index (χ4v) is 2.83. The number of fused-ring (bicyclic) bond motifs is 1. The monoisotopic (exact) mass is 350 g/mol. The molecule has 6 heteroatoms. The minimum atomic E-state index is 0.418. The lowest BCUT2D eigenvalue weighted by Gasteiger charge is -2.02. The summed E-state index contributed by atoms with van der Waals surface area (Å²) in [6, 6.07) is 13.2. The maximum Gasteiger partial charge on any atom is 0.258 e. The topological polar surface area (TPSA) is 70.5 Å². The number of hydrogen-bond acceptors (Lipinski definition) is 6. The molecule has 0 bridgehead atoms. The van der Waals surface area contributed by atoms with Gasteiger partial charge in [-0.2, -0.15) is 4.98 Å². The second kappa shape index (κ2) is 6.55. The normalized spacial score (nSPS) is 11.0. The van der Waals surface area contributed by atoms with Crippen LogP contribution >= 0.6 is 0 Å². The molecule has 0 saturated heterocycles. The van der Waals surface area contributed by atoms with E-state index in [1.54, 1.807) is 7.11 Å². The number of nitrogens with zero attached hydrogens (tertiary/aromatic N) is 2. The highest BCUT2D eigenvalue weighted by molar-refractivity contribution is 5.87. The molecular weight excluding hydrogens is 332 g/mol. The van der Waals surface area contributed by atoms with Gasteiger partial charge in [-0.15, -0.1) is 0 Å². The lowest BCUT2D eigenvalue weighted by molar-refractivity contribution is 0.340. The van der Waals surface area contributed by atoms with Crippen molar-refractivity contribution in [3.8, 4) is 34.5 Å². The van der Waals surface area contributed by atoms with Gasteiger partial charge in [0.05, 0.1) is 13.7 Å². The van der Waals surface area contributed by atoms with Gasteiger partial charge in [0.15, 0.2) is 5.76 Å². The Bertz CT molecular complexity index is 1050. The van der Waals surface area contributed by atoms with Gasteiger partial charge in [0, 0.05) is 16.5 Å². The summed E-state index contributed by atoms with van der Waals surface area (Å²) in [6.07, 6.45) is 0. The van der Waals surface area contributed by atoms with Crippen molar-refractivity contribution in [2.45, 2.75) is 13.8 Å². The molecule has 26 heavy (non-hydrogen) atoms. The summed E-state index contributed by atoms with van der Waals surface area (Å²) < 4.78 is 22.1. The van der Waals surface area contributed by atoms with Crippen molar-refractivity contribution < 1.29 is 18.4 Å². The molecule has 0 saturated carbocycles. The third-order valence-corrected chi connectivity index (χ3v) is 4.18. The molecule has 4 aromatic rings. The SMILES string of the molecule is CCOc1ccc(-c2nc(-c3oc4ccc(OC)cc4c3C)no2)cc1. The summed E-state index contributed by atoms with van der Waals surface area (Å²) in [7, 11) is 1.64. The van der Waals surface area contributed by atoms with Gasteiger partial charge < -0.3 is 18.4 Å². The van der Waals surface area contributed by atoms with E-state index in [0.29, 0.717) is 24.1 Å². The van der Waals surface area contributed by atoms with Crippen LogP contribution in [0.15, 0.2) is 51.4 Å². The standard InChI is InChI=1S/C20H18N2O4/c1-4-24-14-7-5-13(6-8-14)20-21-19(22-26-20)18-12(2)16-11-15(23-3)9-10-17(16)25-18/h5-11H,4H2,1-3H3. The maximum absolute atomic E-state index is 5.92. The van der Waals surface area contributed by atoms with Crippen LogP contribution in [-0.4, -0.2) is 23.9 Å². The smallest absolute Gasteiger partial charge is 0.258 e. The molecule has 0 aliphatic rings. The number of aromatic nitrogens is 2. The van der Waals surface area contributed by atoms with Gasteiger partial charge in [0.25, 0.3) is 5.89 Å². The molecule has 0 aliphatic heterocycles. The van der Waals surface area contributed by atoms with Crippen molar-refractivity contribution in [2.24, 2.45) is 0 Å². The lowest BCUT2D eigenvalue weighted by Crippen LogP contribution is -1.90. The molecule has 0 atom stereocenters. The number of methoxy groups -OCH3 is 1. The summed E-state index contributed by atoms with van der Waals surface area (Å²) >= 11 is 0. The summed E-state index contributed by atoms with van der Waals surface area (Å²) in [5.74, 6) is 3.02. The van der Waals surface area contributed by atoms with E-state index in [2.05, 4.69) is 10.1 Å². The predicted molar refractivity (Wildman–Crippen MR) is 97.4 cm³/mol. The van der Waals surface area contributed by atoms with E-state index < -0.39 is 0 Å². The summed E-state index contributed by atoms with van der Waals surface area (Å²) in [5, 5.41) is 5.04. The van der Waals surface area contributed by atoms with E-state index in [1.165, 1.54) is 0 Å². The van der Waals surface area contributed by atoms with Crippen molar-refractivity contribution >= 4 is 11.0 Å². The third-order valence-electron chi connectivity index (χ3n) is 4.18. The first-order valence-electron chi connectivity index (χ1n) is 8.34. The highest BCUT2D eigenvalue weighted by Gasteiger charge is 2.19. The fourth-order valence-electron chi connectivity index (χ4n) is 2.83. The molecule has 2 heterocycles. The Balaban J connectivity index is 1.69. The Kier molecular flexibility index (Phi) is 4.08. The average molecular weight is 350 g/mol. The van der Waals surface area contributed by atoms with E-state index in [1.807, 2.05) is 56.3 Å². The Morgan fingerprint density at radius 1 is 1.04 bits per heavy atom. The zero-order chi connectivity index (χ0) is 18.1. The van der Waals surface area contributed by atoms with Gasteiger partial charge >= 0.3 is 0 Å². The van der Waals surface area contributed by atoms with Crippen LogP contribution in [0.5, 0.6) is 11.5 Å². The van der Waals surface area contributed by atoms with Gasteiger partial charge in [-0.1, -0.05) is 5.16 Å². The maximum atomic E-state index is 5.92. The summed E-state index contributed by atoms with van der Waals surface area (Å²) in [5.41, 5.74) is 2.52. The molecule has 0 spiro atoms. The number of rotatable bonds is 5. The van der Waals surface area contributed by atoms with E-state index in [-0.39, 0.29) is 0 Å². The zero-order valence-corrected chi connectivity index (χ0v) is 14.8. The van der Waals surface area contributed by atoms with Crippen molar-refractivity contribution in [1.82, 2.24) is 10.1 Å². The van der Waals surface area contributed by atoms with E-state index in [9.17, 15) is 0 Å². The fraction of sp³-hybridized carbons (Fsp3) is 0.200. The number of aryl methyl sites for hydroxylation is 1. The van der Waals surface area contributed by atoms with Crippen LogP contribution in [0.25, 0.3) is 34.0 Å². The first kappa shape index (κ1) is 16.2. The van der Waals surface area contributed by atoms with Crippen LogP contribution in [0.3, 0.4) is 0 Å². The molecule has 0 N–H and O–H groups in total. The largest absolute Gasteiger partial charge is 0.497 e. The first-order chi connectivity index (χ1) is 12.7. The molecule has 6 nitrogen and oxygen atoms in total. The predicted octanol–water partition coefficient (Wildman–Crippen LogP) is 4.87. The Morgan fingerprint density at radius 2 is 1.81 bits per heavy atom. The molecule has 0 fully saturated rings. The Hall–Kier alpha value is -3.28. The molecule has 0 unspecified atom stereocenters. The Morgan fingerprint density at radius 3 is 2.54 bits per heavy atom. The molecule has 2 aromatic heterocycles. The van der Waals surface area contributed by atoms with E-state index in [4.69, 9.17) is 18.4 Å². The van der Waals surface area contributed by atoms with Crippen LogP contribution in [0.4, 0.5) is 0 Å². The average Bonchev–Trinajstić information content (AvgIpc) is 3.27.